The fourth-order valence-electron chi connectivity index (χ4n) is 1.67. The third-order valence-corrected chi connectivity index (χ3v) is 2.61. The van der Waals surface area contributed by atoms with Gasteiger partial charge in [0.2, 0.25) is 0 Å². The van der Waals surface area contributed by atoms with Crippen LogP contribution in [0.2, 0.25) is 5.02 Å². The first-order valence-electron chi connectivity index (χ1n) is 6.09. The van der Waals surface area contributed by atoms with Crippen LogP contribution >= 0.6 is 11.6 Å². The van der Waals surface area contributed by atoms with E-state index in [4.69, 9.17) is 11.6 Å². The molecule has 2 N–H and O–H groups in total. The number of benzene rings is 1. The van der Waals surface area contributed by atoms with Crippen LogP contribution in [0.5, 0.6) is 0 Å². The Morgan fingerprint density at radius 2 is 1.82 bits per heavy atom. The Balaban J connectivity index is 2.27. The van der Waals surface area contributed by atoms with Crippen LogP contribution in [-0.2, 0) is 6.54 Å². The molecule has 0 unspecified atom stereocenters. The minimum absolute atomic E-state index is 0.189. The monoisotopic (exact) mass is 254 g/mol. The summed E-state index contributed by atoms with van der Waals surface area (Å²) in [6.45, 7) is 11.4. The van der Waals surface area contributed by atoms with Crippen LogP contribution < -0.4 is 10.6 Å². The molecule has 0 aliphatic carbocycles. The molecule has 0 aliphatic heterocycles. The first kappa shape index (κ1) is 14.5. The Kier molecular flexibility index (Phi) is 5.44. The van der Waals surface area contributed by atoms with E-state index in [-0.39, 0.29) is 5.54 Å². The molecule has 1 rings (SSSR count). The largest absolute Gasteiger partial charge is 0.311 e. The van der Waals surface area contributed by atoms with E-state index >= 15 is 0 Å². The summed E-state index contributed by atoms with van der Waals surface area (Å²) in [6, 6.07) is 6.15. The average Bonchev–Trinajstić information content (AvgIpc) is 2.13. The molecule has 0 heterocycles. The lowest BCUT2D eigenvalue weighted by Crippen LogP contribution is -2.40. The molecular weight excluding hydrogens is 232 g/mol. The van der Waals surface area contributed by atoms with E-state index in [9.17, 15) is 0 Å². The molecule has 0 spiro atoms. The maximum absolute atomic E-state index is 6.01. The predicted molar refractivity (Wildman–Crippen MR) is 75.7 cm³/mol. The topological polar surface area (TPSA) is 24.1 Å². The molecule has 2 nitrogen and oxygen atoms in total. The van der Waals surface area contributed by atoms with Crippen LogP contribution in [0.15, 0.2) is 18.2 Å². The van der Waals surface area contributed by atoms with Crippen molar-refractivity contribution >= 4 is 11.6 Å². The lowest BCUT2D eigenvalue weighted by molar-refractivity contribution is 0.421. The van der Waals surface area contributed by atoms with Crippen LogP contribution in [0.4, 0.5) is 0 Å². The highest BCUT2D eigenvalue weighted by Gasteiger charge is 2.06. The van der Waals surface area contributed by atoms with Crippen molar-refractivity contribution in [2.45, 2.75) is 39.8 Å². The molecule has 0 fully saturated rings. The van der Waals surface area contributed by atoms with E-state index in [1.54, 1.807) is 0 Å². The van der Waals surface area contributed by atoms with Crippen molar-refractivity contribution in [2.24, 2.45) is 0 Å². The van der Waals surface area contributed by atoms with Gasteiger partial charge in [0.1, 0.15) is 0 Å². The highest BCUT2D eigenvalue weighted by atomic mass is 35.5. The second-order valence-electron chi connectivity index (χ2n) is 5.49. The summed E-state index contributed by atoms with van der Waals surface area (Å²) in [6.07, 6.45) is 0. The van der Waals surface area contributed by atoms with Crippen molar-refractivity contribution in [3.8, 4) is 0 Å². The van der Waals surface area contributed by atoms with Gasteiger partial charge in [-0.05, 0) is 51.0 Å². The maximum atomic E-state index is 6.01. The SMILES string of the molecule is Cc1cc(Cl)cc(CNCCNC(C)(C)C)c1. The molecule has 0 radical (unpaired) electrons. The van der Waals surface area contributed by atoms with E-state index < -0.39 is 0 Å². The number of nitrogens with one attached hydrogen (secondary N) is 2. The van der Waals surface area contributed by atoms with Crippen molar-refractivity contribution in [3.05, 3.63) is 34.3 Å². The predicted octanol–water partition coefficient (Wildman–Crippen LogP) is 3.13. The highest BCUT2D eigenvalue weighted by molar-refractivity contribution is 6.30. The lowest BCUT2D eigenvalue weighted by atomic mass is 10.1. The average molecular weight is 255 g/mol. The summed E-state index contributed by atoms with van der Waals surface area (Å²) >= 11 is 6.01. The molecule has 3 heteroatoms. The van der Waals surface area contributed by atoms with Gasteiger partial charge < -0.3 is 10.6 Å². The molecular formula is C14H23ClN2. The van der Waals surface area contributed by atoms with E-state index in [2.05, 4.69) is 44.4 Å². The first-order chi connectivity index (χ1) is 7.87. The number of halogens is 1. The highest BCUT2D eigenvalue weighted by Crippen LogP contribution is 2.14. The fourth-order valence-corrected chi connectivity index (χ4v) is 1.98. The molecule has 0 aromatic heterocycles. The van der Waals surface area contributed by atoms with Crippen LogP contribution in [0.3, 0.4) is 0 Å². The number of aryl methyl sites for hydroxylation is 1. The molecule has 0 bridgehead atoms. The van der Waals surface area contributed by atoms with E-state index in [1.807, 2.05) is 12.1 Å². The Bertz CT molecular complexity index is 335. The molecule has 96 valence electrons. The van der Waals surface area contributed by atoms with Gasteiger partial charge in [-0.1, -0.05) is 17.7 Å². The summed E-state index contributed by atoms with van der Waals surface area (Å²) in [7, 11) is 0. The third kappa shape index (κ3) is 6.67. The van der Waals surface area contributed by atoms with Crippen LogP contribution in [0, 0.1) is 6.92 Å². The molecule has 0 amide bonds. The summed E-state index contributed by atoms with van der Waals surface area (Å²) in [4.78, 5) is 0. The third-order valence-electron chi connectivity index (χ3n) is 2.39. The van der Waals surface area contributed by atoms with Gasteiger partial charge in [-0.3, -0.25) is 0 Å². The van der Waals surface area contributed by atoms with Crippen LogP contribution in [0.1, 0.15) is 31.9 Å². The summed E-state index contributed by atoms with van der Waals surface area (Å²) in [5.41, 5.74) is 2.64. The Morgan fingerprint density at radius 3 is 2.41 bits per heavy atom. The van der Waals surface area contributed by atoms with Crippen LogP contribution in [-0.4, -0.2) is 18.6 Å². The van der Waals surface area contributed by atoms with Crippen molar-refractivity contribution in [3.63, 3.8) is 0 Å². The minimum Gasteiger partial charge on any atom is -0.311 e. The zero-order valence-corrected chi connectivity index (χ0v) is 12.0. The zero-order chi connectivity index (χ0) is 12.9. The van der Waals surface area contributed by atoms with Crippen molar-refractivity contribution in [1.29, 1.82) is 0 Å². The Hall–Kier alpha value is -0.570. The molecule has 0 saturated carbocycles. The van der Waals surface area contributed by atoms with Crippen LogP contribution in [0.25, 0.3) is 0 Å². The lowest BCUT2D eigenvalue weighted by Gasteiger charge is -2.20. The van der Waals surface area contributed by atoms with Crippen molar-refractivity contribution < 1.29 is 0 Å². The number of hydrogen-bond acceptors (Lipinski definition) is 2. The van der Waals surface area contributed by atoms with Gasteiger partial charge in [-0.25, -0.2) is 0 Å². The molecule has 1 aromatic carbocycles. The molecule has 0 atom stereocenters. The standard InChI is InChI=1S/C14H23ClN2/c1-11-7-12(9-13(15)8-11)10-16-5-6-17-14(2,3)4/h7-9,16-17H,5-6,10H2,1-4H3. The second-order valence-corrected chi connectivity index (χ2v) is 5.93. The van der Waals surface area contributed by atoms with Gasteiger partial charge in [0, 0.05) is 30.2 Å². The maximum Gasteiger partial charge on any atom is 0.0411 e. The van der Waals surface area contributed by atoms with E-state index in [0.717, 1.165) is 24.7 Å². The molecule has 0 saturated heterocycles. The van der Waals surface area contributed by atoms with E-state index in [0.29, 0.717) is 0 Å². The quantitative estimate of drug-likeness (QED) is 0.789. The van der Waals surface area contributed by atoms with Gasteiger partial charge in [-0.15, -0.1) is 0 Å². The molecule has 0 aliphatic rings. The summed E-state index contributed by atoms with van der Waals surface area (Å²) in [5, 5.41) is 7.66. The Morgan fingerprint density at radius 1 is 1.12 bits per heavy atom. The zero-order valence-electron chi connectivity index (χ0n) is 11.2. The normalized spacial score (nSPS) is 11.8. The summed E-state index contributed by atoms with van der Waals surface area (Å²) in [5.74, 6) is 0. The smallest absolute Gasteiger partial charge is 0.0411 e. The van der Waals surface area contributed by atoms with Gasteiger partial charge in [0.05, 0.1) is 0 Å². The fraction of sp³-hybridized carbons (Fsp3) is 0.571. The van der Waals surface area contributed by atoms with Gasteiger partial charge >= 0.3 is 0 Å². The molecule has 1 aromatic rings. The Labute approximate surface area is 110 Å². The van der Waals surface area contributed by atoms with Gasteiger partial charge in [0.15, 0.2) is 0 Å². The first-order valence-corrected chi connectivity index (χ1v) is 6.46. The van der Waals surface area contributed by atoms with Crippen molar-refractivity contribution in [1.82, 2.24) is 10.6 Å². The van der Waals surface area contributed by atoms with E-state index in [1.165, 1.54) is 11.1 Å². The number of hydrogen-bond donors (Lipinski definition) is 2. The number of rotatable bonds is 5. The van der Waals surface area contributed by atoms with Crippen molar-refractivity contribution in [2.75, 3.05) is 13.1 Å². The van der Waals surface area contributed by atoms with Gasteiger partial charge in [0.25, 0.3) is 0 Å². The molecule has 17 heavy (non-hydrogen) atoms. The van der Waals surface area contributed by atoms with Gasteiger partial charge in [-0.2, -0.15) is 0 Å². The minimum atomic E-state index is 0.189. The second kappa shape index (κ2) is 6.39. The summed E-state index contributed by atoms with van der Waals surface area (Å²) < 4.78 is 0.